The van der Waals surface area contributed by atoms with E-state index in [0.29, 0.717) is 16.0 Å². The number of rotatable bonds is 5. The van der Waals surface area contributed by atoms with Gasteiger partial charge in [0.2, 0.25) is 0 Å². The quantitative estimate of drug-likeness (QED) is 0.843. The first-order valence-electron chi connectivity index (χ1n) is 7.79. The smallest absolute Gasteiger partial charge is 0.151 e. The molecule has 1 saturated carbocycles. The third-order valence-electron chi connectivity index (χ3n) is 5.00. The molecule has 4 heteroatoms. The van der Waals surface area contributed by atoms with Crippen LogP contribution in [0.1, 0.15) is 42.5 Å². The van der Waals surface area contributed by atoms with Gasteiger partial charge in [-0.2, -0.15) is 0 Å². The molecule has 21 heavy (non-hydrogen) atoms. The average molecular weight is 308 g/mol. The topological polar surface area (TPSA) is 38.3 Å². The zero-order valence-corrected chi connectivity index (χ0v) is 13.0. The molecule has 1 saturated heterocycles. The third-order valence-corrected chi connectivity index (χ3v) is 5.33. The Bertz CT molecular complexity index is 504. The van der Waals surface area contributed by atoms with Crippen molar-refractivity contribution in [3.8, 4) is 5.75 Å². The monoisotopic (exact) mass is 307 g/mol. The van der Waals surface area contributed by atoms with Gasteiger partial charge in [0.15, 0.2) is 6.29 Å². The summed E-state index contributed by atoms with van der Waals surface area (Å²) in [5.41, 5.74) is 1.15. The molecule has 114 valence electrons. The molecule has 1 N–H and O–H groups in total. The highest BCUT2D eigenvalue weighted by molar-refractivity contribution is 6.33. The van der Waals surface area contributed by atoms with Gasteiger partial charge in [-0.3, -0.25) is 4.79 Å². The van der Waals surface area contributed by atoms with Crippen molar-refractivity contribution >= 4 is 17.9 Å². The highest BCUT2D eigenvalue weighted by atomic mass is 35.5. The van der Waals surface area contributed by atoms with Crippen molar-refractivity contribution in [2.24, 2.45) is 11.3 Å². The Balaban J connectivity index is 1.41. The van der Waals surface area contributed by atoms with E-state index in [1.807, 2.05) is 6.07 Å². The molecule has 1 aliphatic carbocycles. The van der Waals surface area contributed by atoms with Gasteiger partial charge in [-0.1, -0.05) is 11.6 Å². The van der Waals surface area contributed by atoms with Crippen molar-refractivity contribution in [3.63, 3.8) is 0 Å². The van der Waals surface area contributed by atoms with Crippen LogP contribution in [0.2, 0.25) is 5.02 Å². The van der Waals surface area contributed by atoms with Crippen molar-refractivity contribution in [1.29, 1.82) is 0 Å². The molecular weight excluding hydrogens is 286 g/mol. The fraction of sp³-hybridized carbons (Fsp3) is 0.588. The minimum absolute atomic E-state index is 0.458. The van der Waals surface area contributed by atoms with Crippen LogP contribution in [0, 0.1) is 11.3 Å². The minimum atomic E-state index is 0.458. The second kappa shape index (κ2) is 6.37. The van der Waals surface area contributed by atoms with Crippen LogP contribution in [0.15, 0.2) is 18.2 Å². The van der Waals surface area contributed by atoms with Gasteiger partial charge in [-0.15, -0.1) is 0 Å². The summed E-state index contributed by atoms with van der Waals surface area (Å²) in [5, 5.41) is 3.90. The van der Waals surface area contributed by atoms with E-state index in [2.05, 4.69) is 5.32 Å². The zero-order chi connectivity index (χ0) is 14.7. The summed E-state index contributed by atoms with van der Waals surface area (Å²) in [4.78, 5) is 10.7. The van der Waals surface area contributed by atoms with Crippen LogP contribution < -0.4 is 10.1 Å². The van der Waals surface area contributed by atoms with E-state index in [0.717, 1.165) is 31.0 Å². The van der Waals surface area contributed by atoms with Crippen LogP contribution in [0.4, 0.5) is 0 Å². The lowest BCUT2D eigenvalue weighted by molar-refractivity contribution is 0.0113. The highest BCUT2D eigenvalue weighted by Gasteiger charge is 2.43. The molecule has 1 spiro atoms. The number of halogens is 1. The summed E-state index contributed by atoms with van der Waals surface area (Å²) >= 11 is 5.99. The standard InChI is InChI=1S/C17H22ClNO2/c18-16-9-15(2-1-14(16)12-20)21-8-3-13-10-17(11-13)4-6-19-7-5-17/h1-2,9,12-13,19H,3-8,10-11H2. The first-order chi connectivity index (χ1) is 10.2. The van der Waals surface area contributed by atoms with Crippen molar-refractivity contribution in [1.82, 2.24) is 5.32 Å². The third kappa shape index (κ3) is 3.41. The molecule has 0 amide bonds. The fourth-order valence-corrected chi connectivity index (χ4v) is 3.99. The van der Waals surface area contributed by atoms with Crippen LogP contribution in [-0.2, 0) is 0 Å². The van der Waals surface area contributed by atoms with E-state index in [4.69, 9.17) is 16.3 Å². The Morgan fingerprint density at radius 3 is 2.76 bits per heavy atom. The van der Waals surface area contributed by atoms with Crippen molar-refractivity contribution < 1.29 is 9.53 Å². The SMILES string of the molecule is O=Cc1ccc(OCCC2CC3(CCNCC3)C2)cc1Cl. The van der Waals surface area contributed by atoms with E-state index < -0.39 is 0 Å². The average Bonchev–Trinajstić information content (AvgIpc) is 2.47. The number of hydrogen-bond acceptors (Lipinski definition) is 3. The maximum Gasteiger partial charge on any atom is 0.151 e. The molecule has 2 aliphatic rings. The Morgan fingerprint density at radius 2 is 2.10 bits per heavy atom. The second-order valence-corrected chi connectivity index (χ2v) is 6.87. The molecule has 0 aromatic heterocycles. The van der Waals surface area contributed by atoms with Crippen LogP contribution in [0.3, 0.4) is 0 Å². The lowest BCUT2D eigenvalue weighted by Crippen LogP contribution is -2.45. The Morgan fingerprint density at radius 1 is 1.33 bits per heavy atom. The van der Waals surface area contributed by atoms with Crippen molar-refractivity contribution in [3.05, 3.63) is 28.8 Å². The van der Waals surface area contributed by atoms with Crippen LogP contribution in [0.5, 0.6) is 5.75 Å². The van der Waals surface area contributed by atoms with Crippen molar-refractivity contribution in [2.45, 2.75) is 32.1 Å². The number of carbonyl (C=O) groups is 1. The minimum Gasteiger partial charge on any atom is -0.494 e. The predicted octanol–water partition coefficient (Wildman–Crippen LogP) is 3.70. The van der Waals surface area contributed by atoms with Gasteiger partial charge in [0.05, 0.1) is 11.6 Å². The maximum absolute atomic E-state index is 10.7. The van der Waals surface area contributed by atoms with Crippen LogP contribution in [0.25, 0.3) is 0 Å². The lowest BCUT2D eigenvalue weighted by atomic mass is 9.57. The Kier molecular flexibility index (Phi) is 4.51. The van der Waals surface area contributed by atoms with Gasteiger partial charge in [-0.25, -0.2) is 0 Å². The largest absolute Gasteiger partial charge is 0.494 e. The fourth-order valence-electron chi connectivity index (χ4n) is 3.77. The summed E-state index contributed by atoms with van der Waals surface area (Å²) in [6.45, 7) is 3.10. The van der Waals surface area contributed by atoms with E-state index >= 15 is 0 Å². The molecule has 1 aromatic carbocycles. The molecule has 2 fully saturated rings. The van der Waals surface area contributed by atoms with E-state index in [9.17, 15) is 4.79 Å². The molecule has 3 nitrogen and oxygen atoms in total. The first-order valence-corrected chi connectivity index (χ1v) is 8.17. The van der Waals surface area contributed by atoms with Crippen molar-refractivity contribution in [2.75, 3.05) is 19.7 Å². The molecule has 1 heterocycles. The summed E-state index contributed by atoms with van der Waals surface area (Å²) in [6, 6.07) is 5.24. The predicted molar refractivity (Wildman–Crippen MR) is 84.2 cm³/mol. The number of aldehydes is 1. The molecule has 1 aliphatic heterocycles. The summed E-state index contributed by atoms with van der Waals surface area (Å²) in [6.07, 6.45) is 7.28. The van der Waals surface area contributed by atoms with Crippen LogP contribution >= 0.6 is 11.6 Å². The molecule has 0 radical (unpaired) electrons. The first kappa shape index (κ1) is 14.9. The number of piperidine rings is 1. The Hall–Kier alpha value is -1.06. The number of benzene rings is 1. The van der Waals surface area contributed by atoms with Gasteiger partial charge < -0.3 is 10.1 Å². The Labute approximate surface area is 131 Å². The number of hydrogen-bond donors (Lipinski definition) is 1. The summed E-state index contributed by atoms with van der Waals surface area (Å²) in [7, 11) is 0. The lowest BCUT2D eigenvalue weighted by Gasteiger charge is -2.50. The van der Waals surface area contributed by atoms with Gasteiger partial charge in [-0.05, 0) is 74.7 Å². The van der Waals surface area contributed by atoms with Gasteiger partial charge in [0, 0.05) is 5.56 Å². The van der Waals surface area contributed by atoms with E-state index in [1.165, 1.54) is 38.8 Å². The zero-order valence-electron chi connectivity index (χ0n) is 12.2. The van der Waals surface area contributed by atoms with Gasteiger partial charge >= 0.3 is 0 Å². The van der Waals surface area contributed by atoms with Gasteiger partial charge in [0.25, 0.3) is 0 Å². The molecule has 1 aromatic rings. The van der Waals surface area contributed by atoms with E-state index in [-0.39, 0.29) is 0 Å². The molecule has 0 atom stereocenters. The number of carbonyl (C=O) groups excluding carboxylic acids is 1. The van der Waals surface area contributed by atoms with E-state index in [1.54, 1.807) is 12.1 Å². The van der Waals surface area contributed by atoms with Crippen LogP contribution in [-0.4, -0.2) is 26.0 Å². The van der Waals surface area contributed by atoms with Gasteiger partial charge in [0.1, 0.15) is 5.75 Å². The molecule has 0 unspecified atom stereocenters. The molecule has 3 rings (SSSR count). The number of nitrogens with one attached hydrogen (secondary N) is 1. The summed E-state index contributed by atoms with van der Waals surface area (Å²) < 4.78 is 5.76. The second-order valence-electron chi connectivity index (χ2n) is 6.46. The highest BCUT2D eigenvalue weighted by Crippen LogP contribution is 2.52. The number of ether oxygens (including phenoxy) is 1. The normalized spacial score (nSPS) is 21.0. The summed E-state index contributed by atoms with van der Waals surface area (Å²) in [5.74, 6) is 1.56. The molecular formula is C17H22ClNO2. The maximum atomic E-state index is 10.7. The molecule has 0 bridgehead atoms.